The molecule has 0 aliphatic carbocycles. The number of ether oxygens (including phenoxy) is 2. The highest BCUT2D eigenvalue weighted by Gasteiger charge is 2.34. The van der Waals surface area contributed by atoms with Crippen molar-refractivity contribution < 1.29 is 35.9 Å². The number of alkyl halides is 3. The van der Waals surface area contributed by atoms with Crippen LogP contribution in [-0.4, -0.2) is 47.4 Å². The highest BCUT2D eigenvalue weighted by Crippen LogP contribution is 2.37. The van der Waals surface area contributed by atoms with Crippen LogP contribution in [0.2, 0.25) is 5.02 Å². The number of sulfonamides is 1. The normalized spacial score (nSPS) is 11.7. The van der Waals surface area contributed by atoms with Crippen molar-refractivity contribution in [3.05, 3.63) is 53.1 Å². The topological polar surface area (TPSA) is 84.9 Å². The second-order valence-electron chi connectivity index (χ2n) is 6.98. The molecule has 0 bridgehead atoms. The van der Waals surface area contributed by atoms with Crippen molar-refractivity contribution in [3.63, 3.8) is 0 Å². The Labute approximate surface area is 195 Å². The Morgan fingerprint density at radius 3 is 2.48 bits per heavy atom. The van der Waals surface area contributed by atoms with Gasteiger partial charge in [-0.3, -0.25) is 9.10 Å². The lowest BCUT2D eigenvalue weighted by atomic mass is 10.2. The Morgan fingerprint density at radius 2 is 1.85 bits per heavy atom. The van der Waals surface area contributed by atoms with Crippen LogP contribution in [0.5, 0.6) is 11.5 Å². The highest BCUT2D eigenvalue weighted by molar-refractivity contribution is 7.92. The maximum absolute atomic E-state index is 13.1. The van der Waals surface area contributed by atoms with Gasteiger partial charge in [0.25, 0.3) is 0 Å². The Kier molecular flexibility index (Phi) is 9.24. The third-order valence-electron chi connectivity index (χ3n) is 4.44. The number of carbonyl (C=O) groups is 1. The maximum Gasteiger partial charge on any atom is 0.417 e. The van der Waals surface area contributed by atoms with Gasteiger partial charge >= 0.3 is 6.18 Å². The van der Waals surface area contributed by atoms with Gasteiger partial charge in [-0.25, -0.2) is 8.42 Å². The molecular weight excluding hydrogens is 485 g/mol. The molecule has 0 heterocycles. The lowest BCUT2D eigenvalue weighted by Gasteiger charge is -2.23. The molecule has 12 heteroatoms. The van der Waals surface area contributed by atoms with Gasteiger partial charge in [0.1, 0.15) is 18.1 Å². The number of rotatable bonds is 11. The van der Waals surface area contributed by atoms with E-state index in [1.165, 1.54) is 13.2 Å². The summed E-state index contributed by atoms with van der Waals surface area (Å²) in [5.74, 6) is 0.869. The van der Waals surface area contributed by atoms with Gasteiger partial charge in [-0.1, -0.05) is 17.7 Å². The Bertz CT molecular complexity index is 1060. The minimum absolute atomic E-state index is 0.0229. The van der Waals surface area contributed by atoms with E-state index in [9.17, 15) is 26.4 Å². The number of hydrogen-bond donors (Lipinski definition) is 1. The maximum atomic E-state index is 13.1. The molecule has 0 spiro atoms. The van der Waals surface area contributed by atoms with Crippen molar-refractivity contribution in [2.24, 2.45) is 0 Å². The standard InChI is InChI=1S/C21H24ClF3N2O5S/c1-31-16-5-3-6-17(14-16)32-12-10-26-20(28)7-4-11-27(33(2,29)30)15-8-9-19(22)18(13-15)21(23,24)25/h3,5-6,8-9,13-14H,4,7,10-12H2,1-2H3,(H,26,28). The number of nitrogens with one attached hydrogen (secondary N) is 1. The summed E-state index contributed by atoms with van der Waals surface area (Å²) in [7, 11) is -2.35. The fraction of sp³-hybridized carbons (Fsp3) is 0.381. The molecule has 0 aliphatic rings. The molecule has 0 atom stereocenters. The lowest BCUT2D eigenvalue weighted by Crippen LogP contribution is -2.33. The summed E-state index contributed by atoms with van der Waals surface area (Å²) in [5.41, 5.74) is -1.31. The van der Waals surface area contributed by atoms with Crippen molar-refractivity contribution in [2.45, 2.75) is 19.0 Å². The van der Waals surface area contributed by atoms with E-state index in [1.807, 2.05) is 0 Å². The number of hydrogen-bond acceptors (Lipinski definition) is 5. The molecular formula is C21H24ClF3N2O5S. The van der Waals surface area contributed by atoms with Gasteiger partial charge < -0.3 is 14.8 Å². The molecule has 0 aromatic heterocycles. The van der Waals surface area contributed by atoms with Crippen molar-refractivity contribution in [1.29, 1.82) is 0 Å². The van der Waals surface area contributed by atoms with Crippen molar-refractivity contribution in [1.82, 2.24) is 5.32 Å². The number of benzene rings is 2. The second kappa shape index (κ2) is 11.5. The summed E-state index contributed by atoms with van der Waals surface area (Å²) < 4.78 is 75.0. The van der Waals surface area contributed by atoms with Gasteiger partial charge in [0.05, 0.1) is 36.2 Å². The molecule has 0 saturated heterocycles. The molecule has 0 radical (unpaired) electrons. The fourth-order valence-corrected chi connectivity index (χ4v) is 4.08. The van der Waals surface area contributed by atoms with E-state index in [0.717, 1.165) is 16.6 Å². The largest absolute Gasteiger partial charge is 0.497 e. The van der Waals surface area contributed by atoms with Crippen LogP contribution in [0.4, 0.5) is 18.9 Å². The van der Waals surface area contributed by atoms with E-state index in [4.69, 9.17) is 21.1 Å². The van der Waals surface area contributed by atoms with Crippen LogP contribution in [0.25, 0.3) is 0 Å². The van der Waals surface area contributed by atoms with Crippen LogP contribution in [-0.2, 0) is 21.0 Å². The predicted molar refractivity (Wildman–Crippen MR) is 119 cm³/mol. The Hall–Kier alpha value is -2.66. The quantitative estimate of drug-likeness (QED) is 0.462. The number of methoxy groups -OCH3 is 1. The van der Waals surface area contributed by atoms with E-state index in [2.05, 4.69) is 5.32 Å². The molecule has 182 valence electrons. The number of amides is 1. The summed E-state index contributed by atoms with van der Waals surface area (Å²) in [4.78, 5) is 12.0. The molecule has 2 aromatic rings. The first-order valence-electron chi connectivity index (χ1n) is 9.80. The van der Waals surface area contributed by atoms with Crippen molar-refractivity contribution >= 4 is 33.2 Å². The average Bonchev–Trinajstić information content (AvgIpc) is 2.73. The van der Waals surface area contributed by atoms with Crippen LogP contribution >= 0.6 is 11.6 Å². The van der Waals surface area contributed by atoms with Crippen molar-refractivity contribution in [3.8, 4) is 11.5 Å². The summed E-state index contributed by atoms with van der Waals surface area (Å²) in [5, 5.41) is 2.11. The summed E-state index contributed by atoms with van der Waals surface area (Å²) >= 11 is 5.60. The third-order valence-corrected chi connectivity index (χ3v) is 5.97. The fourth-order valence-electron chi connectivity index (χ4n) is 2.89. The van der Waals surface area contributed by atoms with Gasteiger partial charge in [0, 0.05) is 19.0 Å². The summed E-state index contributed by atoms with van der Waals surface area (Å²) in [6.07, 6.45) is -3.78. The van der Waals surface area contributed by atoms with Gasteiger partial charge in [-0.2, -0.15) is 13.2 Å². The average molecular weight is 509 g/mol. The Balaban J connectivity index is 1.87. The smallest absolute Gasteiger partial charge is 0.417 e. The lowest BCUT2D eigenvalue weighted by molar-refractivity contribution is -0.137. The molecule has 2 aromatic carbocycles. The van der Waals surface area contributed by atoms with Crippen LogP contribution in [0.15, 0.2) is 42.5 Å². The van der Waals surface area contributed by atoms with Gasteiger partial charge in [-0.15, -0.1) is 0 Å². The first-order chi connectivity index (χ1) is 15.4. The van der Waals surface area contributed by atoms with Gasteiger partial charge in [0.15, 0.2) is 0 Å². The molecule has 1 amide bonds. The molecule has 33 heavy (non-hydrogen) atoms. The van der Waals surface area contributed by atoms with Crippen molar-refractivity contribution in [2.75, 3.05) is 37.4 Å². The number of nitrogens with zero attached hydrogens (tertiary/aromatic N) is 1. The third kappa shape index (κ3) is 8.32. The molecule has 0 unspecified atom stereocenters. The van der Waals surface area contributed by atoms with Gasteiger partial charge in [-0.05, 0) is 36.8 Å². The molecule has 0 aliphatic heterocycles. The van der Waals surface area contributed by atoms with Gasteiger partial charge in [0.2, 0.25) is 15.9 Å². The number of anilines is 1. The second-order valence-corrected chi connectivity index (χ2v) is 9.29. The van der Waals surface area contributed by atoms with E-state index >= 15 is 0 Å². The minimum Gasteiger partial charge on any atom is -0.497 e. The molecule has 2 rings (SSSR count). The SMILES string of the molecule is COc1cccc(OCCNC(=O)CCCN(c2ccc(Cl)c(C(F)(F)F)c2)S(C)(=O)=O)c1. The zero-order valence-electron chi connectivity index (χ0n) is 18.0. The van der Waals surface area contributed by atoms with Crippen LogP contribution in [0.3, 0.4) is 0 Å². The zero-order chi connectivity index (χ0) is 24.6. The van der Waals surface area contributed by atoms with Crippen LogP contribution < -0.4 is 19.1 Å². The van der Waals surface area contributed by atoms with E-state index in [0.29, 0.717) is 17.6 Å². The summed E-state index contributed by atoms with van der Waals surface area (Å²) in [6, 6.07) is 9.83. The van der Waals surface area contributed by atoms with Crippen LogP contribution in [0.1, 0.15) is 18.4 Å². The monoisotopic (exact) mass is 508 g/mol. The van der Waals surface area contributed by atoms with E-state index in [1.54, 1.807) is 24.3 Å². The number of halogens is 4. The first kappa shape index (κ1) is 26.6. The van der Waals surface area contributed by atoms with Crippen LogP contribution in [0, 0.1) is 0 Å². The van der Waals surface area contributed by atoms with E-state index in [-0.39, 0.29) is 44.1 Å². The number of carbonyl (C=O) groups excluding carboxylic acids is 1. The Morgan fingerprint density at radius 1 is 1.15 bits per heavy atom. The molecule has 1 N–H and O–H groups in total. The minimum atomic E-state index is -4.73. The molecule has 7 nitrogen and oxygen atoms in total. The van der Waals surface area contributed by atoms with E-state index < -0.39 is 26.8 Å². The predicted octanol–water partition coefficient (Wildman–Crippen LogP) is 4.11. The summed E-state index contributed by atoms with van der Waals surface area (Å²) in [6.45, 7) is 0.253. The molecule has 0 fully saturated rings. The highest BCUT2D eigenvalue weighted by atomic mass is 35.5. The first-order valence-corrected chi connectivity index (χ1v) is 12.0. The molecule has 0 saturated carbocycles. The zero-order valence-corrected chi connectivity index (χ0v) is 19.6.